The zero-order valence-corrected chi connectivity index (χ0v) is 22.8. The van der Waals surface area contributed by atoms with Gasteiger partial charge in [-0.1, -0.05) is 24.3 Å². The predicted octanol–water partition coefficient (Wildman–Crippen LogP) is 5.70. The van der Waals surface area contributed by atoms with Crippen LogP contribution in [-0.2, 0) is 27.2 Å². The molecule has 1 aliphatic carbocycles. The Balaban J connectivity index is 1.63. The number of rotatable bonds is 12. The Morgan fingerprint density at radius 3 is 2.29 bits per heavy atom. The lowest BCUT2D eigenvalue weighted by Crippen LogP contribution is -2.28. The second kappa shape index (κ2) is 13.5. The third-order valence-electron chi connectivity index (χ3n) is 6.29. The highest BCUT2D eigenvalue weighted by Crippen LogP contribution is 2.55. The van der Waals surface area contributed by atoms with Crippen LogP contribution < -0.4 is 4.74 Å². The van der Waals surface area contributed by atoms with Crippen LogP contribution in [-0.4, -0.2) is 36.5 Å². The van der Waals surface area contributed by atoms with Gasteiger partial charge in [-0.15, -0.1) is 0 Å². The van der Waals surface area contributed by atoms with Crippen molar-refractivity contribution in [2.45, 2.75) is 52.7 Å². The number of nitrogens with zero attached hydrogens (tertiary/aromatic N) is 4. The molecule has 0 amide bonds. The highest BCUT2D eigenvalue weighted by atomic mass is 32.3. The third kappa shape index (κ3) is 6.66. The highest BCUT2D eigenvalue weighted by molar-refractivity contribution is 8.47. The Morgan fingerprint density at radius 2 is 1.71 bits per heavy atom. The van der Waals surface area contributed by atoms with Gasteiger partial charge in [-0.3, -0.25) is 0 Å². The van der Waals surface area contributed by atoms with Gasteiger partial charge in [0.1, 0.15) is 28.6 Å². The largest absolute Gasteiger partial charge is 0.492 e. The second-order valence-electron chi connectivity index (χ2n) is 8.62. The molecule has 1 aliphatic rings. The number of thiocyanates is 3. The Kier molecular flexibility index (Phi) is 10.2. The van der Waals surface area contributed by atoms with Gasteiger partial charge in [-0.25, -0.2) is 4.79 Å². The lowest BCUT2D eigenvalue weighted by Gasteiger charge is -2.23. The summed E-state index contributed by atoms with van der Waals surface area (Å²) in [5.41, 5.74) is 4.21. The molecule has 9 heteroatoms. The lowest BCUT2D eigenvalue weighted by atomic mass is 10.0. The van der Waals surface area contributed by atoms with Crippen LogP contribution in [0.5, 0.6) is 5.75 Å². The molecule has 0 saturated carbocycles. The van der Waals surface area contributed by atoms with Crippen molar-refractivity contribution in [3.05, 3.63) is 70.4 Å². The molecule has 1 aromatic heterocycles. The minimum Gasteiger partial charge on any atom is -0.492 e. The number of esters is 1. The maximum absolute atomic E-state index is 12.1. The van der Waals surface area contributed by atoms with E-state index in [2.05, 4.69) is 16.7 Å². The minimum atomic E-state index is -2.71. The summed E-state index contributed by atoms with van der Waals surface area (Å²) >= 11 is 0. The van der Waals surface area contributed by atoms with Crippen molar-refractivity contribution in [2.24, 2.45) is 0 Å². The number of hydrogen-bond acceptors (Lipinski definition) is 7. The Bertz CT molecular complexity index is 1290. The number of ether oxygens (including phenoxy) is 3. The van der Waals surface area contributed by atoms with Crippen molar-refractivity contribution in [2.75, 3.05) is 19.8 Å². The topological polar surface area (TPSA) is 121 Å². The Hall–Kier alpha value is -3.97. The molecule has 3 rings (SSSR count). The number of aryl methyl sites for hydroxylation is 1. The van der Waals surface area contributed by atoms with Gasteiger partial charge in [-0.05, 0) is 69.0 Å². The van der Waals surface area contributed by atoms with E-state index < -0.39 is 16.1 Å². The minimum absolute atomic E-state index is 0.317. The quantitative estimate of drug-likeness (QED) is 0.254. The van der Waals surface area contributed by atoms with Crippen LogP contribution in [0.2, 0.25) is 0 Å². The molecular weight excluding hydrogens is 500 g/mol. The van der Waals surface area contributed by atoms with Gasteiger partial charge >= 0.3 is 5.97 Å². The number of carbonyl (C=O) groups excluding carboxylic acids is 1. The summed E-state index contributed by atoms with van der Waals surface area (Å²) in [6.07, 6.45) is 4.67. The number of carbonyl (C=O) groups is 1. The SMILES string of the molecule is CCOC(=O)C(Cc1ccc(OCCn2c(C)ccc2C2=CC=C(S(C#N)(C#N)C#N)CC2)cc1)OCC. The van der Waals surface area contributed by atoms with E-state index in [0.717, 1.165) is 28.3 Å². The molecule has 0 fully saturated rings. The standard InChI is InChI=1S/C29H32N4O4S/c1-4-35-28(29(34)36-5-2)18-23-7-11-25(12-8-23)37-17-16-33-22(3)6-15-27(33)24-9-13-26(14-10-24)38(19-30,20-31)21-32/h6-9,11-13,15,28H,4-5,10,14,16-18H2,1-3H3. The van der Waals surface area contributed by atoms with Crippen molar-refractivity contribution < 1.29 is 19.0 Å². The third-order valence-corrected chi connectivity index (χ3v) is 8.24. The molecule has 0 radical (unpaired) electrons. The molecule has 0 spiro atoms. The molecule has 0 aliphatic heterocycles. The zero-order valence-electron chi connectivity index (χ0n) is 22.0. The van der Waals surface area contributed by atoms with Crippen LogP contribution in [0.3, 0.4) is 0 Å². The fourth-order valence-corrected chi connectivity index (χ4v) is 5.46. The first-order valence-corrected chi connectivity index (χ1v) is 14.2. The van der Waals surface area contributed by atoms with Gasteiger partial charge in [0.25, 0.3) is 0 Å². The van der Waals surface area contributed by atoms with Crippen molar-refractivity contribution in [3.8, 4) is 22.0 Å². The summed E-state index contributed by atoms with van der Waals surface area (Å²) in [4.78, 5) is 12.7. The first kappa shape index (κ1) is 28.6. The molecule has 38 heavy (non-hydrogen) atoms. The van der Waals surface area contributed by atoms with E-state index in [1.54, 1.807) is 13.0 Å². The van der Waals surface area contributed by atoms with Crippen LogP contribution in [0.4, 0.5) is 0 Å². The van der Waals surface area contributed by atoms with Crippen LogP contribution in [0.25, 0.3) is 5.57 Å². The summed E-state index contributed by atoms with van der Waals surface area (Å²) in [5.74, 6) is 0.380. The molecule has 0 saturated heterocycles. The van der Waals surface area contributed by atoms with Gasteiger partial charge < -0.3 is 18.8 Å². The average molecular weight is 533 g/mol. The van der Waals surface area contributed by atoms with Crippen molar-refractivity contribution in [1.82, 2.24) is 4.57 Å². The maximum atomic E-state index is 12.1. The molecule has 1 aromatic carbocycles. The first-order chi connectivity index (χ1) is 18.4. The molecule has 8 nitrogen and oxygen atoms in total. The van der Waals surface area contributed by atoms with Gasteiger partial charge in [-0.2, -0.15) is 15.8 Å². The number of benzene rings is 1. The van der Waals surface area contributed by atoms with E-state index in [9.17, 15) is 20.6 Å². The molecule has 1 atom stereocenters. The molecule has 1 unspecified atom stereocenters. The van der Waals surface area contributed by atoms with E-state index in [4.69, 9.17) is 14.2 Å². The number of hydrogen-bond donors (Lipinski definition) is 0. The van der Waals surface area contributed by atoms with Crippen LogP contribution in [0, 0.1) is 38.9 Å². The highest BCUT2D eigenvalue weighted by Gasteiger charge is 2.30. The first-order valence-electron chi connectivity index (χ1n) is 12.5. The van der Waals surface area contributed by atoms with Crippen molar-refractivity contribution >= 4 is 21.6 Å². The summed E-state index contributed by atoms with van der Waals surface area (Å²) in [7, 11) is -2.71. The molecular formula is C29H32N4O4S. The molecule has 1 heterocycles. The second-order valence-corrected chi connectivity index (χ2v) is 10.9. The molecule has 2 aromatic rings. The summed E-state index contributed by atoms with van der Waals surface area (Å²) in [6.45, 7) is 7.52. The summed E-state index contributed by atoms with van der Waals surface area (Å²) in [6, 6.07) is 11.7. The lowest BCUT2D eigenvalue weighted by molar-refractivity contribution is -0.156. The number of aromatic nitrogens is 1. The maximum Gasteiger partial charge on any atom is 0.335 e. The molecule has 0 N–H and O–H groups in total. The van der Waals surface area contributed by atoms with Crippen LogP contribution >= 0.6 is 10.0 Å². The fraction of sp³-hybridized carbons (Fsp3) is 0.379. The van der Waals surface area contributed by atoms with Gasteiger partial charge in [0.15, 0.2) is 6.10 Å². The monoisotopic (exact) mass is 532 g/mol. The summed E-state index contributed by atoms with van der Waals surface area (Å²) < 4.78 is 18.8. The van der Waals surface area contributed by atoms with Crippen LogP contribution in [0.1, 0.15) is 43.6 Å². The van der Waals surface area contributed by atoms with E-state index in [0.29, 0.717) is 50.5 Å². The smallest absolute Gasteiger partial charge is 0.335 e. The van der Waals surface area contributed by atoms with E-state index in [1.807, 2.05) is 60.4 Å². The Labute approximate surface area is 225 Å². The average Bonchev–Trinajstić information content (AvgIpc) is 3.31. The summed E-state index contributed by atoms with van der Waals surface area (Å²) in [5, 5.41) is 34.0. The van der Waals surface area contributed by atoms with E-state index in [1.165, 1.54) is 0 Å². The number of nitriles is 3. The molecule has 0 bridgehead atoms. The van der Waals surface area contributed by atoms with Gasteiger partial charge in [0.2, 0.25) is 0 Å². The van der Waals surface area contributed by atoms with E-state index in [-0.39, 0.29) is 5.97 Å². The molecule has 198 valence electrons. The number of allylic oxidation sites excluding steroid dienone is 4. The zero-order chi connectivity index (χ0) is 27.5. The van der Waals surface area contributed by atoms with Gasteiger partial charge in [0, 0.05) is 29.3 Å². The van der Waals surface area contributed by atoms with E-state index >= 15 is 0 Å². The fourth-order valence-electron chi connectivity index (χ4n) is 4.31. The Morgan fingerprint density at radius 1 is 1.00 bits per heavy atom. The van der Waals surface area contributed by atoms with Crippen molar-refractivity contribution in [1.29, 1.82) is 15.8 Å². The van der Waals surface area contributed by atoms with Crippen molar-refractivity contribution in [3.63, 3.8) is 0 Å². The normalized spacial score (nSPS) is 14.2. The predicted molar refractivity (Wildman–Crippen MR) is 147 cm³/mol. The van der Waals surface area contributed by atoms with Crippen LogP contribution in [0.15, 0.2) is 53.5 Å². The van der Waals surface area contributed by atoms with Gasteiger partial charge in [0.05, 0.1) is 23.2 Å².